The highest BCUT2D eigenvalue weighted by Gasteiger charge is 2.15. The summed E-state index contributed by atoms with van der Waals surface area (Å²) in [6.45, 7) is -0.412. The number of nitrogens with one attached hydrogen (secondary N) is 1. The van der Waals surface area contributed by atoms with E-state index in [9.17, 15) is 9.59 Å². The number of benzene rings is 1. The van der Waals surface area contributed by atoms with E-state index < -0.39 is 18.5 Å². The number of anilines is 1. The molecule has 1 N–H and O–H groups in total. The number of hydrogen-bond acceptors (Lipinski definition) is 7. The number of amides is 1. The van der Waals surface area contributed by atoms with Gasteiger partial charge < -0.3 is 10.1 Å². The largest absolute Gasteiger partial charge is 0.451 e. The Balaban J connectivity index is 1.53. The second-order valence-electron chi connectivity index (χ2n) is 4.83. The Morgan fingerprint density at radius 2 is 2.00 bits per heavy atom. The molecule has 0 aliphatic carbocycles. The van der Waals surface area contributed by atoms with Crippen molar-refractivity contribution in [2.24, 2.45) is 0 Å². The molecule has 3 rings (SSSR count). The number of aromatic nitrogens is 1. The van der Waals surface area contributed by atoms with Crippen molar-refractivity contribution >= 4 is 40.2 Å². The standard InChI is InChI=1S/C17H11N3O3S2/c18-8-11-3-5-12(6-4-11)19-15(21)9-23-17(22)13-10-25-16(20-13)14-2-1-7-24-14/h1-7,10H,9H2,(H,19,21). The van der Waals surface area contributed by atoms with Crippen LogP contribution in [0.1, 0.15) is 16.1 Å². The number of rotatable bonds is 5. The lowest BCUT2D eigenvalue weighted by molar-refractivity contribution is -0.119. The second kappa shape index (κ2) is 7.70. The van der Waals surface area contributed by atoms with Crippen LogP contribution < -0.4 is 5.32 Å². The fourth-order valence-electron chi connectivity index (χ4n) is 1.91. The highest BCUT2D eigenvalue weighted by atomic mass is 32.1. The van der Waals surface area contributed by atoms with Gasteiger partial charge in [0.2, 0.25) is 0 Å². The maximum absolute atomic E-state index is 12.0. The molecule has 6 nitrogen and oxygen atoms in total. The summed E-state index contributed by atoms with van der Waals surface area (Å²) in [6.07, 6.45) is 0. The van der Waals surface area contributed by atoms with Gasteiger partial charge in [0.05, 0.1) is 16.5 Å². The Morgan fingerprint density at radius 3 is 2.68 bits per heavy atom. The molecule has 1 aromatic carbocycles. The first kappa shape index (κ1) is 16.8. The van der Waals surface area contributed by atoms with Gasteiger partial charge in [0.1, 0.15) is 5.01 Å². The van der Waals surface area contributed by atoms with Crippen molar-refractivity contribution in [1.29, 1.82) is 5.26 Å². The number of nitriles is 1. The zero-order chi connectivity index (χ0) is 17.6. The molecular formula is C17H11N3O3S2. The number of esters is 1. The minimum atomic E-state index is -0.644. The van der Waals surface area contributed by atoms with Gasteiger partial charge in [-0.2, -0.15) is 5.26 Å². The molecule has 0 saturated carbocycles. The summed E-state index contributed by atoms with van der Waals surface area (Å²) in [5.41, 5.74) is 1.20. The molecule has 0 spiro atoms. The quantitative estimate of drug-likeness (QED) is 0.695. The average Bonchev–Trinajstić information content (AvgIpc) is 3.31. The number of nitrogens with zero attached hydrogens (tertiary/aromatic N) is 2. The van der Waals surface area contributed by atoms with Crippen LogP contribution in [0.5, 0.6) is 0 Å². The molecule has 0 radical (unpaired) electrons. The average molecular weight is 369 g/mol. The van der Waals surface area contributed by atoms with Crippen molar-refractivity contribution in [2.45, 2.75) is 0 Å². The topological polar surface area (TPSA) is 92.1 Å². The van der Waals surface area contributed by atoms with Gasteiger partial charge >= 0.3 is 5.97 Å². The first-order chi connectivity index (χ1) is 12.2. The third kappa shape index (κ3) is 4.29. The molecule has 0 fully saturated rings. The Kier molecular flexibility index (Phi) is 5.18. The Bertz CT molecular complexity index is 925. The Labute approximate surface area is 151 Å². The van der Waals surface area contributed by atoms with E-state index in [2.05, 4.69) is 10.3 Å². The van der Waals surface area contributed by atoms with E-state index in [-0.39, 0.29) is 5.69 Å². The smallest absolute Gasteiger partial charge is 0.358 e. The molecular weight excluding hydrogens is 358 g/mol. The fourth-order valence-corrected chi connectivity index (χ4v) is 3.51. The summed E-state index contributed by atoms with van der Waals surface area (Å²) >= 11 is 2.88. The van der Waals surface area contributed by atoms with Gasteiger partial charge in [-0.25, -0.2) is 9.78 Å². The van der Waals surface area contributed by atoms with Crippen LogP contribution >= 0.6 is 22.7 Å². The SMILES string of the molecule is N#Cc1ccc(NC(=O)COC(=O)c2csc(-c3cccs3)n2)cc1. The van der Waals surface area contributed by atoms with Crippen LogP contribution in [0, 0.1) is 11.3 Å². The number of thiazole rings is 1. The molecule has 0 aliphatic rings. The van der Waals surface area contributed by atoms with E-state index >= 15 is 0 Å². The molecule has 0 atom stereocenters. The summed E-state index contributed by atoms with van der Waals surface area (Å²) in [7, 11) is 0. The van der Waals surface area contributed by atoms with Crippen molar-refractivity contribution in [3.05, 3.63) is 58.4 Å². The Morgan fingerprint density at radius 1 is 1.20 bits per heavy atom. The zero-order valence-electron chi connectivity index (χ0n) is 12.8. The predicted molar refractivity (Wildman–Crippen MR) is 95.5 cm³/mol. The summed E-state index contributed by atoms with van der Waals surface area (Å²) in [5, 5.41) is 15.6. The number of ether oxygens (including phenoxy) is 1. The summed E-state index contributed by atoms with van der Waals surface area (Å²) in [4.78, 5) is 29.0. The summed E-state index contributed by atoms with van der Waals surface area (Å²) < 4.78 is 4.98. The lowest BCUT2D eigenvalue weighted by Crippen LogP contribution is -2.21. The molecule has 2 heterocycles. The number of thiophene rings is 1. The number of hydrogen-bond donors (Lipinski definition) is 1. The molecule has 0 bridgehead atoms. The minimum Gasteiger partial charge on any atom is -0.451 e. The first-order valence-electron chi connectivity index (χ1n) is 7.12. The molecule has 2 aromatic heterocycles. The van der Waals surface area contributed by atoms with E-state index in [1.54, 1.807) is 29.6 Å². The van der Waals surface area contributed by atoms with Crippen LogP contribution in [-0.4, -0.2) is 23.5 Å². The lowest BCUT2D eigenvalue weighted by Gasteiger charge is -2.05. The molecule has 0 aliphatic heterocycles. The van der Waals surface area contributed by atoms with E-state index in [1.165, 1.54) is 22.7 Å². The van der Waals surface area contributed by atoms with Crippen molar-refractivity contribution in [1.82, 2.24) is 4.98 Å². The van der Waals surface area contributed by atoms with Crippen LogP contribution in [-0.2, 0) is 9.53 Å². The van der Waals surface area contributed by atoms with Crippen molar-refractivity contribution in [3.8, 4) is 16.0 Å². The molecule has 124 valence electrons. The van der Waals surface area contributed by atoms with Crippen LogP contribution in [0.2, 0.25) is 0 Å². The van der Waals surface area contributed by atoms with Gasteiger partial charge in [0, 0.05) is 11.1 Å². The Hall–Kier alpha value is -3.02. The highest BCUT2D eigenvalue weighted by Crippen LogP contribution is 2.27. The van der Waals surface area contributed by atoms with Gasteiger partial charge in [-0.3, -0.25) is 4.79 Å². The third-order valence-corrected chi connectivity index (χ3v) is 4.96. The number of carbonyl (C=O) groups excluding carboxylic acids is 2. The van der Waals surface area contributed by atoms with Crippen molar-refractivity contribution in [2.75, 3.05) is 11.9 Å². The monoisotopic (exact) mass is 369 g/mol. The first-order valence-corrected chi connectivity index (χ1v) is 8.88. The zero-order valence-corrected chi connectivity index (χ0v) is 14.4. The molecule has 25 heavy (non-hydrogen) atoms. The maximum Gasteiger partial charge on any atom is 0.358 e. The third-order valence-electron chi connectivity index (χ3n) is 3.08. The van der Waals surface area contributed by atoms with E-state index in [4.69, 9.17) is 10.00 Å². The second-order valence-corrected chi connectivity index (χ2v) is 6.63. The lowest BCUT2D eigenvalue weighted by atomic mass is 10.2. The molecule has 0 unspecified atom stereocenters. The van der Waals surface area contributed by atoms with Crippen molar-refractivity contribution in [3.63, 3.8) is 0 Å². The van der Waals surface area contributed by atoms with Crippen molar-refractivity contribution < 1.29 is 14.3 Å². The van der Waals surface area contributed by atoms with E-state index in [0.717, 1.165) is 9.88 Å². The van der Waals surface area contributed by atoms with E-state index in [0.29, 0.717) is 11.3 Å². The van der Waals surface area contributed by atoms with E-state index in [1.807, 2.05) is 23.6 Å². The summed E-state index contributed by atoms with van der Waals surface area (Å²) in [5.74, 6) is -1.11. The van der Waals surface area contributed by atoms with Gasteiger partial charge in [0.25, 0.3) is 5.91 Å². The van der Waals surface area contributed by atoms with Crippen LogP contribution in [0.4, 0.5) is 5.69 Å². The van der Waals surface area contributed by atoms with Gasteiger partial charge in [0.15, 0.2) is 12.3 Å². The fraction of sp³-hybridized carbons (Fsp3) is 0.0588. The summed E-state index contributed by atoms with van der Waals surface area (Å²) in [6, 6.07) is 12.2. The van der Waals surface area contributed by atoms with Gasteiger partial charge in [-0.15, -0.1) is 22.7 Å². The molecule has 1 amide bonds. The molecule has 8 heteroatoms. The van der Waals surface area contributed by atoms with Crippen LogP contribution in [0.3, 0.4) is 0 Å². The number of carbonyl (C=O) groups is 2. The van der Waals surface area contributed by atoms with Crippen LogP contribution in [0.15, 0.2) is 47.2 Å². The highest BCUT2D eigenvalue weighted by molar-refractivity contribution is 7.20. The maximum atomic E-state index is 12.0. The van der Waals surface area contributed by atoms with Crippen LogP contribution in [0.25, 0.3) is 9.88 Å². The minimum absolute atomic E-state index is 0.180. The molecule has 3 aromatic rings. The predicted octanol–water partition coefficient (Wildman–Crippen LogP) is 3.54. The van der Waals surface area contributed by atoms with Gasteiger partial charge in [-0.1, -0.05) is 6.07 Å². The normalized spacial score (nSPS) is 10.0. The molecule has 0 saturated heterocycles. The van der Waals surface area contributed by atoms with Gasteiger partial charge in [-0.05, 0) is 35.7 Å².